The number of ketones is 1. The summed E-state index contributed by atoms with van der Waals surface area (Å²) in [5.74, 6) is -1.65. The lowest BCUT2D eigenvalue weighted by Crippen LogP contribution is -2.36. The van der Waals surface area contributed by atoms with E-state index in [-0.39, 0.29) is 6.42 Å². The molecule has 0 bridgehead atoms. The molecule has 0 radical (unpaired) electrons. The quantitative estimate of drug-likeness (QED) is 0.667. The Morgan fingerprint density at radius 3 is 2.23 bits per heavy atom. The largest absolute Gasteiger partial charge is 0.463 e. The Labute approximate surface area is 129 Å². The highest BCUT2D eigenvalue weighted by Crippen LogP contribution is 2.18. The van der Waals surface area contributed by atoms with Crippen LogP contribution in [0.2, 0.25) is 0 Å². The lowest BCUT2D eigenvalue weighted by Gasteiger charge is -2.23. The van der Waals surface area contributed by atoms with Gasteiger partial charge in [0.2, 0.25) is 5.78 Å². The Morgan fingerprint density at radius 1 is 1.14 bits per heavy atom. The number of ether oxygens (including phenoxy) is 2. The summed E-state index contributed by atoms with van der Waals surface area (Å²) in [4.78, 5) is 34.9. The Morgan fingerprint density at radius 2 is 1.73 bits per heavy atom. The number of nitrogens with one attached hydrogen (secondary N) is 1. The van der Waals surface area contributed by atoms with E-state index in [0.29, 0.717) is 5.56 Å². The first-order valence-corrected chi connectivity index (χ1v) is 6.88. The van der Waals surface area contributed by atoms with Gasteiger partial charge in [-0.15, -0.1) is 0 Å². The number of esters is 1. The van der Waals surface area contributed by atoms with Gasteiger partial charge in [-0.2, -0.15) is 0 Å². The molecule has 0 heterocycles. The molecule has 1 unspecified atom stereocenters. The number of rotatable bonds is 5. The fourth-order valence-corrected chi connectivity index (χ4v) is 1.77. The lowest BCUT2D eigenvalue weighted by atomic mass is 10.0. The van der Waals surface area contributed by atoms with E-state index in [1.54, 1.807) is 45.0 Å². The van der Waals surface area contributed by atoms with Crippen LogP contribution in [0.15, 0.2) is 30.3 Å². The van der Waals surface area contributed by atoms with Crippen molar-refractivity contribution in [2.45, 2.75) is 38.8 Å². The highest BCUT2D eigenvalue weighted by Gasteiger charge is 2.25. The molecule has 0 aromatic heterocycles. The number of alkyl carbamates (subject to hydrolysis) is 1. The van der Waals surface area contributed by atoms with Crippen molar-refractivity contribution in [2.24, 2.45) is 0 Å². The monoisotopic (exact) mass is 307 g/mol. The first-order valence-electron chi connectivity index (χ1n) is 6.88. The molecular formula is C16H21NO5. The Bertz CT molecular complexity index is 533. The van der Waals surface area contributed by atoms with Crippen molar-refractivity contribution < 1.29 is 23.9 Å². The molecule has 0 aliphatic rings. The van der Waals surface area contributed by atoms with Gasteiger partial charge in [0.15, 0.2) is 0 Å². The number of methoxy groups -OCH3 is 1. The number of Topliss-reactive ketones (excluding diaryl/α,β-unsaturated/α-hetero) is 1. The average Bonchev–Trinajstić information content (AvgIpc) is 2.44. The van der Waals surface area contributed by atoms with E-state index in [1.165, 1.54) is 0 Å². The third-order valence-electron chi connectivity index (χ3n) is 2.70. The third kappa shape index (κ3) is 5.95. The van der Waals surface area contributed by atoms with Gasteiger partial charge < -0.3 is 14.8 Å². The van der Waals surface area contributed by atoms with E-state index in [2.05, 4.69) is 10.1 Å². The van der Waals surface area contributed by atoms with Gasteiger partial charge in [0.25, 0.3) is 0 Å². The number of amides is 1. The van der Waals surface area contributed by atoms with E-state index in [9.17, 15) is 14.4 Å². The molecule has 1 amide bonds. The van der Waals surface area contributed by atoms with Crippen LogP contribution in [-0.2, 0) is 19.1 Å². The van der Waals surface area contributed by atoms with Crippen LogP contribution >= 0.6 is 0 Å². The molecule has 0 spiro atoms. The van der Waals surface area contributed by atoms with Crippen LogP contribution in [0.5, 0.6) is 0 Å². The van der Waals surface area contributed by atoms with E-state index in [0.717, 1.165) is 7.11 Å². The summed E-state index contributed by atoms with van der Waals surface area (Å²) < 4.78 is 9.58. The number of carbonyl (C=O) groups excluding carboxylic acids is 3. The van der Waals surface area contributed by atoms with Crippen LogP contribution in [0.25, 0.3) is 0 Å². The van der Waals surface area contributed by atoms with Gasteiger partial charge in [0, 0.05) is 6.42 Å². The minimum atomic E-state index is -0.938. The molecule has 120 valence electrons. The zero-order valence-corrected chi connectivity index (χ0v) is 13.2. The van der Waals surface area contributed by atoms with Gasteiger partial charge in [-0.05, 0) is 26.3 Å². The number of carbonyl (C=O) groups is 3. The molecule has 1 rings (SSSR count). The van der Waals surface area contributed by atoms with Gasteiger partial charge in [-0.3, -0.25) is 4.79 Å². The summed E-state index contributed by atoms with van der Waals surface area (Å²) in [6.07, 6.45) is -0.852. The summed E-state index contributed by atoms with van der Waals surface area (Å²) in [7, 11) is 1.14. The Balaban J connectivity index is 2.86. The van der Waals surface area contributed by atoms with E-state index >= 15 is 0 Å². The van der Waals surface area contributed by atoms with Crippen LogP contribution in [-0.4, -0.2) is 30.6 Å². The molecule has 0 fully saturated rings. The standard InChI is InChI=1S/C16H21NO5/c1-16(2,3)22-15(20)17-12(10-13(18)14(19)21-4)11-8-6-5-7-9-11/h5-9,12H,10H2,1-4H3,(H,17,20). The highest BCUT2D eigenvalue weighted by molar-refractivity contribution is 6.33. The smallest absolute Gasteiger partial charge is 0.408 e. The zero-order valence-electron chi connectivity index (χ0n) is 13.2. The normalized spacial score (nSPS) is 12.2. The zero-order chi connectivity index (χ0) is 16.8. The van der Waals surface area contributed by atoms with Crippen LogP contribution in [0, 0.1) is 0 Å². The first kappa shape index (κ1) is 17.7. The van der Waals surface area contributed by atoms with Crippen molar-refractivity contribution in [3.8, 4) is 0 Å². The van der Waals surface area contributed by atoms with E-state index in [4.69, 9.17) is 4.74 Å². The highest BCUT2D eigenvalue weighted by atomic mass is 16.6. The molecule has 1 atom stereocenters. The molecule has 1 aromatic carbocycles. The van der Waals surface area contributed by atoms with Crippen molar-refractivity contribution >= 4 is 17.8 Å². The van der Waals surface area contributed by atoms with Gasteiger partial charge >= 0.3 is 12.1 Å². The van der Waals surface area contributed by atoms with E-state index < -0.39 is 29.5 Å². The number of hydrogen-bond acceptors (Lipinski definition) is 5. The maximum absolute atomic E-state index is 11.9. The van der Waals surface area contributed by atoms with Crippen molar-refractivity contribution in [2.75, 3.05) is 7.11 Å². The van der Waals surface area contributed by atoms with Gasteiger partial charge in [0.1, 0.15) is 5.60 Å². The maximum atomic E-state index is 11.9. The van der Waals surface area contributed by atoms with Crippen LogP contribution < -0.4 is 5.32 Å². The fourth-order valence-electron chi connectivity index (χ4n) is 1.77. The first-order chi connectivity index (χ1) is 10.2. The summed E-state index contributed by atoms with van der Waals surface area (Å²) in [5.41, 5.74) is 0.0446. The van der Waals surface area contributed by atoms with Crippen LogP contribution in [0.1, 0.15) is 38.8 Å². The van der Waals surface area contributed by atoms with Crippen molar-refractivity contribution in [3.05, 3.63) is 35.9 Å². The Hall–Kier alpha value is -2.37. The number of hydrogen-bond donors (Lipinski definition) is 1. The summed E-state index contributed by atoms with van der Waals surface area (Å²) in [5, 5.41) is 2.61. The second-order valence-electron chi connectivity index (χ2n) is 5.73. The minimum absolute atomic E-state index is 0.198. The van der Waals surface area contributed by atoms with Crippen molar-refractivity contribution in [1.29, 1.82) is 0 Å². The summed E-state index contributed by atoms with van der Waals surface area (Å²) in [6.45, 7) is 5.22. The van der Waals surface area contributed by atoms with Crippen LogP contribution in [0.4, 0.5) is 4.79 Å². The van der Waals surface area contributed by atoms with Gasteiger partial charge in [0.05, 0.1) is 13.2 Å². The average molecular weight is 307 g/mol. The molecule has 0 aliphatic carbocycles. The second kappa shape index (κ2) is 7.59. The molecular weight excluding hydrogens is 286 g/mol. The molecule has 6 heteroatoms. The summed E-state index contributed by atoms with van der Waals surface area (Å²) in [6, 6.07) is 8.22. The summed E-state index contributed by atoms with van der Waals surface area (Å²) >= 11 is 0. The van der Waals surface area contributed by atoms with Crippen molar-refractivity contribution in [3.63, 3.8) is 0 Å². The molecule has 0 saturated heterocycles. The molecule has 22 heavy (non-hydrogen) atoms. The van der Waals surface area contributed by atoms with E-state index in [1.807, 2.05) is 6.07 Å². The maximum Gasteiger partial charge on any atom is 0.408 e. The molecule has 6 nitrogen and oxygen atoms in total. The van der Waals surface area contributed by atoms with Gasteiger partial charge in [-0.25, -0.2) is 9.59 Å². The lowest BCUT2D eigenvalue weighted by molar-refractivity contribution is -0.151. The SMILES string of the molecule is COC(=O)C(=O)CC(NC(=O)OC(C)(C)C)c1ccccc1. The van der Waals surface area contributed by atoms with Crippen molar-refractivity contribution in [1.82, 2.24) is 5.32 Å². The fraction of sp³-hybridized carbons (Fsp3) is 0.438. The third-order valence-corrected chi connectivity index (χ3v) is 2.70. The molecule has 1 N–H and O–H groups in total. The molecule has 1 aromatic rings. The predicted molar refractivity (Wildman–Crippen MR) is 80.2 cm³/mol. The Kier molecular flexibility index (Phi) is 6.10. The topological polar surface area (TPSA) is 81.7 Å². The minimum Gasteiger partial charge on any atom is -0.463 e. The second-order valence-corrected chi connectivity index (χ2v) is 5.73. The number of benzene rings is 1. The van der Waals surface area contributed by atoms with Gasteiger partial charge in [-0.1, -0.05) is 30.3 Å². The van der Waals surface area contributed by atoms with Crippen LogP contribution in [0.3, 0.4) is 0 Å². The molecule has 0 aliphatic heterocycles. The molecule has 0 saturated carbocycles. The predicted octanol–water partition coefficient (Wildman–Crippen LogP) is 2.38.